The van der Waals surface area contributed by atoms with Gasteiger partial charge in [-0.2, -0.15) is 20.2 Å². The third-order valence-corrected chi connectivity index (χ3v) is 6.69. The van der Waals surface area contributed by atoms with E-state index in [4.69, 9.17) is 23.2 Å². The largest absolute Gasteiger partial charge is 0.344 e. The fraction of sp³-hybridized carbons (Fsp3) is 0.214. The molecule has 0 aliphatic heterocycles. The molecule has 0 fully saturated rings. The molecule has 0 aromatic carbocycles. The lowest BCUT2D eigenvalue weighted by molar-refractivity contribution is 0.604. The molecule has 6 aromatic heterocycles. The third-order valence-electron chi connectivity index (χ3n) is 6.14. The van der Waals surface area contributed by atoms with Crippen LogP contribution in [0.25, 0.3) is 0 Å². The molecular formula is C28H28Cl2F2N16. The number of hydrogen-bond acceptors (Lipinski definition) is 14. The predicted octanol–water partition coefficient (Wildman–Crippen LogP) is 6.01. The molecule has 0 saturated heterocycles. The summed E-state index contributed by atoms with van der Waals surface area (Å²) < 4.78 is 25.8. The summed E-state index contributed by atoms with van der Waals surface area (Å²) >= 11 is 12.2. The number of aromatic amines is 2. The summed E-state index contributed by atoms with van der Waals surface area (Å²) in [6, 6.07) is 3.01. The molecule has 48 heavy (non-hydrogen) atoms. The Morgan fingerprint density at radius 1 is 0.604 bits per heavy atom. The molecule has 248 valence electrons. The minimum absolute atomic E-state index is 0.313. The molecule has 0 aliphatic carbocycles. The van der Waals surface area contributed by atoms with Crippen molar-refractivity contribution in [2.45, 2.75) is 39.8 Å². The minimum Gasteiger partial charge on any atom is -0.344 e. The second kappa shape index (κ2) is 15.3. The Hall–Kier alpha value is -5.62. The Balaban J connectivity index is 0.000000188. The first-order valence-corrected chi connectivity index (χ1v) is 14.9. The van der Waals surface area contributed by atoms with Gasteiger partial charge in [0.15, 0.2) is 34.9 Å². The summed E-state index contributed by atoms with van der Waals surface area (Å²) in [5.41, 5.74) is 1.81. The quantitative estimate of drug-likeness (QED) is 0.0968. The number of anilines is 6. The Bertz CT molecular complexity index is 1810. The van der Waals surface area contributed by atoms with Gasteiger partial charge in [-0.1, -0.05) is 23.2 Å². The molecule has 0 saturated carbocycles. The normalized spacial score (nSPS) is 12.0. The van der Waals surface area contributed by atoms with Crippen LogP contribution in [0.15, 0.2) is 49.3 Å². The van der Waals surface area contributed by atoms with Gasteiger partial charge >= 0.3 is 0 Å². The summed E-state index contributed by atoms with van der Waals surface area (Å²) in [6.45, 7) is 7.40. The number of nitrogens with one attached hydrogen (secondary N) is 6. The molecule has 16 nitrogen and oxygen atoms in total. The van der Waals surface area contributed by atoms with Crippen molar-refractivity contribution in [2.75, 3.05) is 21.3 Å². The van der Waals surface area contributed by atoms with Gasteiger partial charge in [0.2, 0.25) is 11.9 Å². The third kappa shape index (κ3) is 9.23. The average Bonchev–Trinajstić information content (AvgIpc) is 3.67. The fourth-order valence-electron chi connectivity index (χ4n) is 3.86. The van der Waals surface area contributed by atoms with Gasteiger partial charge in [-0.25, -0.2) is 38.7 Å². The second-order valence-electron chi connectivity index (χ2n) is 10.2. The average molecular weight is 698 g/mol. The van der Waals surface area contributed by atoms with Crippen molar-refractivity contribution in [3.05, 3.63) is 94.0 Å². The van der Waals surface area contributed by atoms with Crippen molar-refractivity contribution >= 4 is 58.4 Å². The van der Waals surface area contributed by atoms with Crippen LogP contribution in [0.1, 0.15) is 49.0 Å². The molecule has 6 aromatic rings. The van der Waals surface area contributed by atoms with Crippen molar-refractivity contribution in [3.8, 4) is 0 Å². The smallest absolute Gasteiger partial charge is 0.225 e. The van der Waals surface area contributed by atoms with E-state index in [-0.39, 0.29) is 12.1 Å². The fourth-order valence-corrected chi connectivity index (χ4v) is 4.14. The molecule has 6 rings (SSSR count). The Morgan fingerprint density at radius 2 is 0.979 bits per heavy atom. The van der Waals surface area contributed by atoms with E-state index in [1.165, 1.54) is 12.4 Å². The van der Waals surface area contributed by atoms with Gasteiger partial charge in [0.25, 0.3) is 0 Å². The van der Waals surface area contributed by atoms with Crippen LogP contribution in [-0.4, -0.2) is 60.3 Å². The summed E-state index contributed by atoms with van der Waals surface area (Å²) in [6.07, 6.45) is 7.37. The summed E-state index contributed by atoms with van der Waals surface area (Å²) in [5, 5.41) is 26.6. The monoisotopic (exact) mass is 696 g/mol. The lowest BCUT2D eigenvalue weighted by Gasteiger charge is -2.13. The van der Waals surface area contributed by atoms with Gasteiger partial charge in [0, 0.05) is 23.5 Å². The first-order valence-electron chi connectivity index (χ1n) is 14.1. The van der Waals surface area contributed by atoms with E-state index in [9.17, 15) is 8.78 Å². The van der Waals surface area contributed by atoms with Gasteiger partial charge in [0.05, 0.1) is 49.3 Å². The SMILES string of the molecule is Cc1cc(Nc2nc(N[C@@H](C)c3ncc(F)cn3)ncc2Cl)n[nH]1.Cc1cc(Nc2nc(N[C@@H](C)c3ncc(F)cn3)ncc2Cl)n[nH]1. The first kappa shape index (κ1) is 33.7. The number of H-pyrrole nitrogens is 2. The number of aryl methyl sites for hydroxylation is 2. The highest BCUT2D eigenvalue weighted by molar-refractivity contribution is 6.33. The van der Waals surface area contributed by atoms with E-state index in [0.717, 1.165) is 36.2 Å². The standard InChI is InChI=1S/2C14H14ClFN8/c2*1-7-3-11(24-23-7)21-13-10(15)6-19-14(22-13)20-8(2)12-17-4-9(16)5-18-12/h2*3-6,8H,1-2H3,(H3,19,20,21,22,23,24)/t2*8-/m00/s1. The van der Waals surface area contributed by atoms with Gasteiger partial charge in [-0.3, -0.25) is 10.2 Å². The second-order valence-corrected chi connectivity index (χ2v) is 11.0. The van der Waals surface area contributed by atoms with Crippen LogP contribution in [0.2, 0.25) is 10.0 Å². The molecule has 0 aliphatic rings. The molecule has 0 radical (unpaired) electrons. The van der Waals surface area contributed by atoms with Gasteiger partial charge in [0.1, 0.15) is 21.7 Å². The molecule has 0 amide bonds. The maximum absolute atomic E-state index is 12.9. The van der Waals surface area contributed by atoms with Crippen molar-refractivity contribution in [1.29, 1.82) is 0 Å². The van der Waals surface area contributed by atoms with Crippen LogP contribution in [0.3, 0.4) is 0 Å². The molecule has 2 atom stereocenters. The van der Waals surface area contributed by atoms with E-state index >= 15 is 0 Å². The molecule has 0 spiro atoms. The van der Waals surface area contributed by atoms with Crippen molar-refractivity contribution in [2.24, 2.45) is 0 Å². The van der Waals surface area contributed by atoms with Gasteiger partial charge in [-0.05, 0) is 27.7 Å². The maximum atomic E-state index is 12.9. The van der Waals surface area contributed by atoms with E-state index in [0.29, 0.717) is 56.9 Å². The zero-order chi connectivity index (χ0) is 34.2. The van der Waals surface area contributed by atoms with Crippen LogP contribution in [0, 0.1) is 25.5 Å². The molecule has 20 heteroatoms. The van der Waals surface area contributed by atoms with Crippen LogP contribution >= 0.6 is 23.2 Å². The maximum Gasteiger partial charge on any atom is 0.225 e. The van der Waals surface area contributed by atoms with Gasteiger partial charge in [-0.15, -0.1) is 0 Å². The summed E-state index contributed by atoms with van der Waals surface area (Å²) in [5.74, 6) is 2.52. The zero-order valence-electron chi connectivity index (χ0n) is 25.8. The molecule has 6 N–H and O–H groups in total. The number of aromatic nitrogens is 12. The van der Waals surface area contributed by atoms with E-state index in [1.807, 2.05) is 39.8 Å². The molecule has 0 unspecified atom stereocenters. The van der Waals surface area contributed by atoms with Gasteiger partial charge < -0.3 is 21.3 Å². The van der Waals surface area contributed by atoms with Crippen LogP contribution in [0.4, 0.5) is 43.9 Å². The van der Waals surface area contributed by atoms with E-state index < -0.39 is 11.6 Å². The number of nitrogens with zero attached hydrogens (tertiary/aromatic N) is 10. The highest BCUT2D eigenvalue weighted by Crippen LogP contribution is 2.25. The lowest BCUT2D eigenvalue weighted by Crippen LogP contribution is -2.13. The molecular weight excluding hydrogens is 669 g/mol. The lowest BCUT2D eigenvalue weighted by atomic mass is 10.3. The molecule has 6 heterocycles. The van der Waals surface area contributed by atoms with E-state index in [2.05, 4.69) is 81.5 Å². The number of rotatable bonds is 10. The van der Waals surface area contributed by atoms with Crippen LogP contribution in [0.5, 0.6) is 0 Å². The summed E-state index contributed by atoms with van der Waals surface area (Å²) in [4.78, 5) is 32.6. The van der Waals surface area contributed by atoms with Crippen molar-refractivity contribution in [3.63, 3.8) is 0 Å². The van der Waals surface area contributed by atoms with Crippen molar-refractivity contribution in [1.82, 2.24) is 60.3 Å². The molecule has 0 bridgehead atoms. The highest BCUT2D eigenvalue weighted by Gasteiger charge is 2.14. The number of halogens is 4. The zero-order valence-corrected chi connectivity index (χ0v) is 27.3. The Labute approximate surface area is 282 Å². The Morgan fingerprint density at radius 3 is 1.31 bits per heavy atom. The number of hydrogen-bond donors (Lipinski definition) is 6. The van der Waals surface area contributed by atoms with Crippen molar-refractivity contribution < 1.29 is 8.78 Å². The van der Waals surface area contributed by atoms with Crippen LogP contribution < -0.4 is 21.3 Å². The topological polar surface area (TPSA) is 209 Å². The van der Waals surface area contributed by atoms with Crippen LogP contribution in [-0.2, 0) is 0 Å². The Kier molecular flexibility index (Phi) is 10.8. The first-order chi connectivity index (χ1) is 23.0. The summed E-state index contributed by atoms with van der Waals surface area (Å²) in [7, 11) is 0. The minimum atomic E-state index is -0.491. The highest BCUT2D eigenvalue weighted by atomic mass is 35.5. The predicted molar refractivity (Wildman–Crippen MR) is 175 cm³/mol. The van der Waals surface area contributed by atoms with E-state index in [1.54, 1.807) is 0 Å².